The molecule has 7 heteroatoms. The number of hydrogen-bond donors (Lipinski definition) is 0. The molecule has 0 bridgehead atoms. The molecule has 2 aliphatic rings. The molecule has 1 saturated heterocycles. The molecule has 0 N–H and O–H groups in total. The van der Waals surface area contributed by atoms with E-state index < -0.39 is 11.6 Å². The number of carbonyl (C=O) groups excluding carboxylic acids is 1. The summed E-state index contributed by atoms with van der Waals surface area (Å²) in [5, 5.41) is 0. The zero-order valence-electron chi connectivity index (χ0n) is 20.7. The van der Waals surface area contributed by atoms with Crippen LogP contribution in [0, 0.1) is 11.6 Å². The number of rotatable bonds is 7. The standard InChI is InChI=1S/C29H31F2N3O2/c1-20(35)29(34-17-15-33(16-18-34)21-11-12-25(30)26(31)19-21)32(2)14-13-22-23-7-3-5-9-27(23)36-28-10-6-4-8-24(22)28/h3-12,19,22,29H,13-18H2,1-2H3. The van der Waals surface area contributed by atoms with Crippen LogP contribution in [-0.2, 0) is 4.79 Å². The van der Waals surface area contributed by atoms with Gasteiger partial charge >= 0.3 is 0 Å². The molecule has 5 nitrogen and oxygen atoms in total. The summed E-state index contributed by atoms with van der Waals surface area (Å²) < 4.78 is 33.2. The third-order valence-corrected chi connectivity index (χ3v) is 7.29. The number of halogens is 2. The Kier molecular flexibility index (Phi) is 7.03. The Morgan fingerprint density at radius 3 is 2.14 bits per heavy atom. The van der Waals surface area contributed by atoms with Crippen molar-refractivity contribution in [3.8, 4) is 11.5 Å². The number of carbonyl (C=O) groups is 1. The molecule has 1 atom stereocenters. The highest BCUT2D eigenvalue weighted by atomic mass is 19.2. The molecule has 1 unspecified atom stereocenters. The van der Waals surface area contributed by atoms with Gasteiger partial charge in [-0.15, -0.1) is 0 Å². The van der Waals surface area contributed by atoms with E-state index in [0.29, 0.717) is 31.9 Å². The Labute approximate surface area is 210 Å². The van der Waals surface area contributed by atoms with E-state index in [4.69, 9.17) is 4.74 Å². The van der Waals surface area contributed by atoms with Crippen LogP contribution in [0.25, 0.3) is 0 Å². The van der Waals surface area contributed by atoms with E-state index in [-0.39, 0.29) is 17.9 Å². The average molecular weight is 492 g/mol. The van der Waals surface area contributed by atoms with Crippen molar-refractivity contribution in [2.75, 3.05) is 44.7 Å². The summed E-state index contributed by atoms with van der Waals surface area (Å²) in [6, 6.07) is 20.3. The number of likely N-dealkylation sites (N-methyl/N-ethyl adjacent to an activating group) is 1. The fraction of sp³-hybridized carbons (Fsp3) is 0.345. The zero-order chi connectivity index (χ0) is 25.2. The monoisotopic (exact) mass is 491 g/mol. The van der Waals surface area contributed by atoms with Crippen molar-refractivity contribution in [3.63, 3.8) is 0 Å². The molecule has 0 spiro atoms. The van der Waals surface area contributed by atoms with Crippen LogP contribution in [0.5, 0.6) is 11.5 Å². The van der Waals surface area contributed by atoms with Gasteiger partial charge < -0.3 is 9.64 Å². The van der Waals surface area contributed by atoms with Crippen LogP contribution in [0.3, 0.4) is 0 Å². The largest absolute Gasteiger partial charge is 0.457 e. The summed E-state index contributed by atoms with van der Waals surface area (Å²) in [6.07, 6.45) is 0.523. The number of anilines is 1. The first-order chi connectivity index (χ1) is 17.4. The Morgan fingerprint density at radius 2 is 1.56 bits per heavy atom. The van der Waals surface area contributed by atoms with Crippen molar-refractivity contribution in [2.45, 2.75) is 25.4 Å². The van der Waals surface area contributed by atoms with E-state index in [0.717, 1.165) is 30.5 Å². The first-order valence-electron chi connectivity index (χ1n) is 12.4. The zero-order valence-corrected chi connectivity index (χ0v) is 20.7. The van der Waals surface area contributed by atoms with Gasteiger partial charge in [-0.05, 0) is 44.7 Å². The summed E-state index contributed by atoms with van der Waals surface area (Å²) in [6.45, 7) is 4.99. The van der Waals surface area contributed by atoms with Gasteiger partial charge in [-0.2, -0.15) is 0 Å². The lowest BCUT2D eigenvalue weighted by Crippen LogP contribution is -2.58. The number of nitrogens with zero attached hydrogens (tertiary/aromatic N) is 3. The number of ether oxygens (including phenoxy) is 1. The van der Waals surface area contributed by atoms with Crippen molar-refractivity contribution in [3.05, 3.63) is 89.5 Å². The second-order valence-electron chi connectivity index (χ2n) is 9.61. The van der Waals surface area contributed by atoms with Gasteiger partial charge in [0.1, 0.15) is 17.7 Å². The molecular formula is C29H31F2N3O2. The highest BCUT2D eigenvalue weighted by Gasteiger charge is 2.32. The molecule has 2 heterocycles. The van der Waals surface area contributed by atoms with E-state index in [9.17, 15) is 13.6 Å². The highest BCUT2D eigenvalue weighted by molar-refractivity contribution is 5.81. The van der Waals surface area contributed by atoms with Gasteiger partial charge in [0.15, 0.2) is 17.4 Å². The quantitative estimate of drug-likeness (QED) is 0.451. The van der Waals surface area contributed by atoms with Crippen LogP contribution in [0.15, 0.2) is 66.7 Å². The van der Waals surface area contributed by atoms with E-state index in [1.807, 2.05) is 48.3 Å². The van der Waals surface area contributed by atoms with Gasteiger partial charge in [0.2, 0.25) is 0 Å². The molecule has 3 aromatic carbocycles. The Morgan fingerprint density at radius 1 is 0.944 bits per heavy atom. The number of fused-ring (bicyclic) bond motifs is 2. The van der Waals surface area contributed by atoms with Gasteiger partial charge in [-0.3, -0.25) is 14.6 Å². The van der Waals surface area contributed by atoms with Crippen LogP contribution in [-0.4, -0.2) is 61.5 Å². The summed E-state index contributed by atoms with van der Waals surface area (Å²) in [5.41, 5.74) is 3.01. The number of hydrogen-bond acceptors (Lipinski definition) is 5. The minimum absolute atomic E-state index is 0.103. The SMILES string of the molecule is CC(=O)C(N(C)CCC1c2ccccc2Oc2ccccc21)N1CCN(c2ccc(F)c(F)c2)CC1. The van der Waals surface area contributed by atoms with Gasteiger partial charge in [-0.25, -0.2) is 8.78 Å². The predicted molar refractivity (Wildman–Crippen MR) is 137 cm³/mol. The summed E-state index contributed by atoms with van der Waals surface area (Å²) >= 11 is 0. The lowest BCUT2D eigenvalue weighted by atomic mass is 9.85. The number of para-hydroxylation sites is 2. The van der Waals surface area contributed by atoms with Crippen LogP contribution >= 0.6 is 0 Å². The molecular weight excluding hydrogens is 460 g/mol. The smallest absolute Gasteiger partial charge is 0.161 e. The first kappa shape index (κ1) is 24.4. The van der Waals surface area contributed by atoms with Gasteiger partial charge in [-0.1, -0.05) is 36.4 Å². The van der Waals surface area contributed by atoms with Crippen molar-refractivity contribution in [1.82, 2.24) is 9.80 Å². The normalized spacial score (nSPS) is 16.9. The van der Waals surface area contributed by atoms with Crippen LogP contribution in [0.2, 0.25) is 0 Å². The van der Waals surface area contributed by atoms with Crippen molar-refractivity contribution < 1.29 is 18.3 Å². The average Bonchev–Trinajstić information content (AvgIpc) is 2.88. The molecule has 0 aliphatic carbocycles. The van der Waals surface area contributed by atoms with E-state index in [2.05, 4.69) is 21.9 Å². The van der Waals surface area contributed by atoms with Gasteiger partial charge in [0.05, 0.1) is 0 Å². The molecule has 36 heavy (non-hydrogen) atoms. The fourth-order valence-corrected chi connectivity index (χ4v) is 5.53. The summed E-state index contributed by atoms with van der Waals surface area (Å²) in [7, 11) is 2.00. The topological polar surface area (TPSA) is 36.0 Å². The molecule has 3 aromatic rings. The summed E-state index contributed by atoms with van der Waals surface area (Å²) in [5.74, 6) is 0.386. The second kappa shape index (κ2) is 10.4. The van der Waals surface area contributed by atoms with Crippen molar-refractivity contribution >= 4 is 11.5 Å². The lowest BCUT2D eigenvalue weighted by Gasteiger charge is -2.42. The minimum Gasteiger partial charge on any atom is -0.457 e. The molecule has 0 amide bonds. The number of benzene rings is 3. The minimum atomic E-state index is -0.842. The van der Waals surface area contributed by atoms with E-state index in [1.54, 1.807) is 13.0 Å². The maximum Gasteiger partial charge on any atom is 0.161 e. The first-order valence-corrected chi connectivity index (χ1v) is 12.4. The molecule has 0 radical (unpaired) electrons. The van der Waals surface area contributed by atoms with E-state index >= 15 is 0 Å². The van der Waals surface area contributed by atoms with Gasteiger partial charge in [0, 0.05) is 61.5 Å². The molecule has 1 fully saturated rings. The third-order valence-electron chi connectivity index (χ3n) is 7.29. The predicted octanol–water partition coefficient (Wildman–Crippen LogP) is 5.26. The maximum atomic E-state index is 13.7. The summed E-state index contributed by atoms with van der Waals surface area (Å²) in [4.78, 5) is 19.1. The van der Waals surface area contributed by atoms with Crippen LogP contribution in [0.1, 0.15) is 30.4 Å². The molecule has 5 rings (SSSR count). The fourth-order valence-electron chi connectivity index (χ4n) is 5.53. The molecule has 2 aliphatic heterocycles. The maximum absolute atomic E-state index is 13.7. The molecule has 0 saturated carbocycles. The van der Waals surface area contributed by atoms with Crippen molar-refractivity contribution in [1.29, 1.82) is 0 Å². The van der Waals surface area contributed by atoms with Crippen LogP contribution in [0.4, 0.5) is 14.5 Å². The third kappa shape index (κ3) is 4.86. The number of piperazine rings is 1. The second-order valence-corrected chi connectivity index (χ2v) is 9.61. The Bertz CT molecular complexity index is 1200. The Hall–Kier alpha value is -3.29. The highest BCUT2D eigenvalue weighted by Crippen LogP contribution is 2.45. The number of ketones is 1. The molecule has 188 valence electrons. The Balaban J connectivity index is 1.26. The number of Topliss-reactive ketones (excluding diaryl/α,β-unsaturated/α-hetero) is 1. The molecule has 0 aromatic heterocycles. The lowest BCUT2D eigenvalue weighted by molar-refractivity contribution is -0.128. The van der Waals surface area contributed by atoms with Crippen LogP contribution < -0.4 is 9.64 Å². The van der Waals surface area contributed by atoms with Gasteiger partial charge in [0.25, 0.3) is 0 Å². The van der Waals surface area contributed by atoms with Crippen molar-refractivity contribution in [2.24, 2.45) is 0 Å². The van der Waals surface area contributed by atoms with E-state index in [1.165, 1.54) is 17.2 Å².